The van der Waals surface area contributed by atoms with E-state index in [0.717, 1.165) is 29.8 Å². The number of nitrogens with one attached hydrogen (secondary N) is 1. The van der Waals surface area contributed by atoms with Crippen molar-refractivity contribution in [1.82, 2.24) is 9.97 Å². The van der Waals surface area contributed by atoms with Crippen LogP contribution in [0.4, 0.5) is 21.8 Å². The molecule has 0 spiro atoms. The normalized spacial score (nSPS) is 10.7. The maximum absolute atomic E-state index is 13.4. The highest BCUT2D eigenvalue weighted by Gasteiger charge is 2.12. The predicted octanol–water partition coefficient (Wildman–Crippen LogP) is 4.36. The van der Waals surface area contributed by atoms with Crippen LogP contribution in [-0.4, -0.2) is 23.1 Å². The second-order valence-electron chi connectivity index (χ2n) is 5.20. The number of benzene rings is 2. The Hall–Kier alpha value is -2.69. The molecule has 0 aliphatic heterocycles. The van der Waals surface area contributed by atoms with Gasteiger partial charge in [0.2, 0.25) is 5.95 Å². The van der Waals surface area contributed by atoms with E-state index in [1.165, 1.54) is 12.1 Å². The van der Waals surface area contributed by atoms with Gasteiger partial charge in [0.15, 0.2) is 0 Å². The van der Waals surface area contributed by atoms with Crippen molar-refractivity contribution in [1.29, 1.82) is 0 Å². The van der Waals surface area contributed by atoms with Gasteiger partial charge in [-0.15, -0.1) is 0 Å². The Morgan fingerprint density at radius 2 is 1.78 bits per heavy atom. The third-order valence-electron chi connectivity index (χ3n) is 3.73. The summed E-state index contributed by atoms with van der Waals surface area (Å²) in [5.41, 5.74) is 1.49. The first-order valence-corrected chi connectivity index (χ1v) is 7.75. The van der Waals surface area contributed by atoms with Crippen LogP contribution in [0.2, 0.25) is 0 Å². The number of aromatic nitrogens is 2. The molecule has 118 valence electrons. The summed E-state index contributed by atoms with van der Waals surface area (Å²) >= 11 is 0. The third-order valence-corrected chi connectivity index (χ3v) is 3.73. The van der Waals surface area contributed by atoms with Gasteiger partial charge in [0.1, 0.15) is 11.6 Å². The molecule has 2 aromatic carbocycles. The zero-order valence-corrected chi connectivity index (χ0v) is 13.3. The summed E-state index contributed by atoms with van der Waals surface area (Å²) in [5, 5.41) is 4.11. The van der Waals surface area contributed by atoms with Gasteiger partial charge in [-0.3, -0.25) is 0 Å². The highest BCUT2D eigenvalue weighted by molar-refractivity contribution is 5.90. The molecule has 0 radical (unpaired) electrons. The fraction of sp³-hybridized carbons (Fsp3) is 0.222. The van der Waals surface area contributed by atoms with Crippen LogP contribution in [-0.2, 0) is 0 Å². The van der Waals surface area contributed by atoms with Crippen molar-refractivity contribution < 1.29 is 4.39 Å². The van der Waals surface area contributed by atoms with Crippen molar-refractivity contribution in [2.45, 2.75) is 13.8 Å². The van der Waals surface area contributed by atoms with Crippen LogP contribution in [0, 0.1) is 5.82 Å². The number of halogens is 1. The lowest BCUT2D eigenvalue weighted by molar-refractivity contribution is 0.628. The van der Waals surface area contributed by atoms with Gasteiger partial charge in [0.25, 0.3) is 0 Å². The lowest BCUT2D eigenvalue weighted by Gasteiger charge is -2.22. The van der Waals surface area contributed by atoms with E-state index in [2.05, 4.69) is 34.0 Å². The van der Waals surface area contributed by atoms with Crippen molar-refractivity contribution in [3.63, 3.8) is 0 Å². The lowest BCUT2D eigenvalue weighted by Crippen LogP contribution is -2.23. The molecule has 3 aromatic rings. The number of rotatable bonds is 5. The minimum Gasteiger partial charge on any atom is -0.356 e. The van der Waals surface area contributed by atoms with Gasteiger partial charge < -0.3 is 10.2 Å². The minimum absolute atomic E-state index is 0.292. The predicted molar refractivity (Wildman–Crippen MR) is 92.8 cm³/mol. The molecule has 0 aliphatic carbocycles. The van der Waals surface area contributed by atoms with E-state index < -0.39 is 0 Å². The largest absolute Gasteiger partial charge is 0.356 e. The van der Waals surface area contributed by atoms with Gasteiger partial charge in [0.05, 0.1) is 5.52 Å². The Morgan fingerprint density at radius 3 is 2.52 bits per heavy atom. The standard InChI is InChI=1S/C18H19FN4/c1-3-23(4-2)17-15-10-5-6-11-16(15)21-18(22-17)20-14-9-7-8-13(19)12-14/h5-12H,3-4H2,1-2H3,(H,20,21,22). The van der Waals surface area contributed by atoms with Crippen LogP contribution in [0.15, 0.2) is 48.5 Å². The van der Waals surface area contributed by atoms with Crippen LogP contribution in [0.5, 0.6) is 0 Å². The number of hydrogen-bond donors (Lipinski definition) is 1. The quantitative estimate of drug-likeness (QED) is 0.760. The first-order valence-electron chi connectivity index (χ1n) is 7.75. The zero-order valence-electron chi connectivity index (χ0n) is 13.3. The summed E-state index contributed by atoms with van der Waals surface area (Å²) in [4.78, 5) is 11.4. The molecule has 0 atom stereocenters. The van der Waals surface area contributed by atoms with E-state index in [-0.39, 0.29) is 5.82 Å². The fourth-order valence-electron chi connectivity index (χ4n) is 2.58. The molecule has 4 nitrogen and oxygen atoms in total. The number of fused-ring (bicyclic) bond motifs is 1. The summed E-state index contributed by atoms with van der Waals surface area (Å²) in [6.45, 7) is 5.91. The number of anilines is 3. The smallest absolute Gasteiger partial charge is 0.229 e. The average molecular weight is 310 g/mol. The van der Waals surface area contributed by atoms with Crippen molar-refractivity contribution in [2.24, 2.45) is 0 Å². The van der Waals surface area contributed by atoms with Gasteiger partial charge in [-0.25, -0.2) is 9.37 Å². The SMILES string of the molecule is CCN(CC)c1nc(Nc2cccc(F)c2)nc2ccccc12. The Morgan fingerprint density at radius 1 is 1.00 bits per heavy atom. The van der Waals surface area contributed by atoms with Crippen molar-refractivity contribution in [2.75, 3.05) is 23.3 Å². The molecule has 1 aromatic heterocycles. The molecule has 3 rings (SSSR count). The van der Waals surface area contributed by atoms with Gasteiger partial charge >= 0.3 is 0 Å². The van der Waals surface area contributed by atoms with Crippen LogP contribution < -0.4 is 10.2 Å². The molecular formula is C18H19FN4. The van der Waals surface area contributed by atoms with E-state index in [1.54, 1.807) is 12.1 Å². The molecule has 1 heterocycles. The summed E-state index contributed by atoms with van der Waals surface area (Å²) in [6, 6.07) is 14.2. The number of hydrogen-bond acceptors (Lipinski definition) is 4. The maximum atomic E-state index is 13.4. The molecule has 0 saturated heterocycles. The van der Waals surface area contributed by atoms with Crippen molar-refractivity contribution >= 4 is 28.4 Å². The molecule has 5 heteroatoms. The van der Waals surface area contributed by atoms with Gasteiger partial charge in [-0.1, -0.05) is 18.2 Å². The van der Waals surface area contributed by atoms with Crippen LogP contribution in [0.3, 0.4) is 0 Å². The second kappa shape index (κ2) is 6.60. The monoisotopic (exact) mass is 310 g/mol. The average Bonchev–Trinajstić information content (AvgIpc) is 2.56. The third kappa shape index (κ3) is 3.23. The van der Waals surface area contributed by atoms with Gasteiger partial charge in [-0.2, -0.15) is 4.98 Å². The Labute approximate surface area is 135 Å². The van der Waals surface area contributed by atoms with E-state index in [1.807, 2.05) is 24.3 Å². The first kappa shape index (κ1) is 15.2. The second-order valence-corrected chi connectivity index (χ2v) is 5.20. The van der Waals surface area contributed by atoms with Crippen molar-refractivity contribution in [3.05, 3.63) is 54.3 Å². The molecule has 0 saturated carbocycles. The number of nitrogens with zero attached hydrogens (tertiary/aromatic N) is 3. The molecule has 1 N–H and O–H groups in total. The van der Waals surface area contributed by atoms with E-state index in [4.69, 9.17) is 0 Å². The van der Waals surface area contributed by atoms with E-state index in [0.29, 0.717) is 11.6 Å². The Balaban J connectivity index is 2.07. The van der Waals surface area contributed by atoms with E-state index in [9.17, 15) is 4.39 Å². The Kier molecular flexibility index (Phi) is 4.37. The van der Waals surface area contributed by atoms with Crippen LogP contribution in [0.1, 0.15) is 13.8 Å². The summed E-state index contributed by atoms with van der Waals surface area (Å²) in [7, 11) is 0. The highest BCUT2D eigenvalue weighted by Crippen LogP contribution is 2.26. The lowest BCUT2D eigenvalue weighted by atomic mass is 10.2. The molecule has 0 amide bonds. The first-order chi connectivity index (χ1) is 11.2. The summed E-state index contributed by atoms with van der Waals surface area (Å²) < 4.78 is 13.4. The molecular weight excluding hydrogens is 291 g/mol. The van der Waals surface area contributed by atoms with Crippen molar-refractivity contribution in [3.8, 4) is 0 Å². The zero-order chi connectivity index (χ0) is 16.2. The van der Waals surface area contributed by atoms with Gasteiger partial charge in [0, 0.05) is 24.2 Å². The number of para-hydroxylation sites is 1. The molecule has 23 heavy (non-hydrogen) atoms. The minimum atomic E-state index is -0.292. The maximum Gasteiger partial charge on any atom is 0.229 e. The Bertz CT molecular complexity index is 815. The topological polar surface area (TPSA) is 41.1 Å². The fourth-order valence-corrected chi connectivity index (χ4v) is 2.58. The molecule has 0 aliphatic rings. The highest BCUT2D eigenvalue weighted by atomic mass is 19.1. The molecule has 0 unspecified atom stereocenters. The van der Waals surface area contributed by atoms with Crippen LogP contribution in [0.25, 0.3) is 10.9 Å². The molecule has 0 bridgehead atoms. The summed E-state index contributed by atoms with van der Waals surface area (Å²) in [6.07, 6.45) is 0. The van der Waals surface area contributed by atoms with Crippen LogP contribution >= 0.6 is 0 Å². The van der Waals surface area contributed by atoms with E-state index >= 15 is 0 Å². The van der Waals surface area contributed by atoms with Gasteiger partial charge in [-0.05, 0) is 44.2 Å². The molecule has 0 fully saturated rings. The summed E-state index contributed by atoms with van der Waals surface area (Å²) in [5.74, 6) is 1.07.